The molecule has 0 saturated carbocycles. The molecule has 3 rings (SSSR count). The van der Waals surface area contributed by atoms with Crippen molar-refractivity contribution in [3.8, 4) is 17.4 Å². The second-order valence-electron chi connectivity index (χ2n) is 3.78. The Hall–Kier alpha value is -1.89. The lowest BCUT2D eigenvalue weighted by Crippen LogP contribution is -2.15. The number of aromatic nitrogens is 4. The maximum absolute atomic E-state index is 11.9. The molecule has 0 spiro atoms. The maximum atomic E-state index is 11.9. The van der Waals surface area contributed by atoms with E-state index in [1.807, 2.05) is 0 Å². The van der Waals surface area contributed by atoms with Gasteiger partial charge in [-0.3, -0.25) is 4.79 Å². The minimum absolute atomic E-state index is 0.0856. The van der Waals surface area contributed by atoms with Gasteiger partial charge in [0.15, 0.2) is 5.82 Å². The summed E-state index contributed by atoms with van der Waals surface area (Å²) >= 11 is 1.69. The molecule has 1 N–H and O–H groups in total. The van der Waals surface area contributed by atoms with Crippen LogP contribution in [0.15, 0.2) is 17.2 Å². The zero-order chi connectivity index (χ0) is 12.5. The lowest BCUT2D eigenvalue weighted by Gasteiger charge is -2.04. The molecule has 0 aromatic carbocycles. The number of H-pyrrole nitrogens is 1. The fraction of sp³-hybridized carbons (Fsp3) is 0.273. The smallest absolute Gasteiger partial charge is 0.255 e. The molecule has 7 heteroatoms. The van der Waals surface area contributed by atoms with Gasteiger partial charge in [0, 0.05) is 23.1 Å². The molecule has 2 aromatic rings. The second-order valence-corrected chi connectivity index (χ2v) is 4.76. The van der Waals surface area contributed by atoms with Crippen LogP contribution in [0.4, 0.5) is 0 Å². The molecule has 1 aliphatic heterocycles. The number of rotatable bonds is 2. The Labute approximate surface area is 107 Å². The second kappa shape index (κ2) is 4.41. The van der Waals surface area contributed by atoms with Crippen LogP contribution in [0.2, 0.25) is 0 Å². The van der Waals surface area contributed by atoms with E-state index in [0.717, 1.165) is 22.8 Å². The molecule has 6 nitrogen and oxygen atoms in total. The van der Waals surface area contributed by atoms with Gasteiger partial charge < -0.3 is 9.72 Å². The molecule has 0 aliphatic carbocycles. The molecule has 0 saturated heterocycles. The SMILES string of the molecule is COc1cc(-c2nc3c(c(=O)[nH]2)CSC3)ncn1. The zero-order valence-electron chi connectivity index (χ0n) is 9.64. The van der Waals surface area contributed by atoms with Crippen molar-refractivity contribution in [3.05, 3.63) is 34.0 Å². The van der Waals surface area contributed by atoms with Gasteiger partial charge >= 0.3 is 0 Å². The van der Waals surface area contributed by atoms with Crippen LogP contribution in [0, 0.1) is 0 Å². The fourth-order valence-corrected chi connectivity index (χ4v) is 2.80. The topological polar surface area (TPSA) is 80.8 Å². The summed E-state index contributed by atoms with van der Waals surface area (Å²) in [5.74, 6) is 2.40. The van der Waals surface area contributed by atoms with Gasteiger partial charge in [0.2, 0.25) is 5.88 Å². The third-order valence-corrected chi connectivity index (χ3v) is 3.65. The Bertz CT molecular complexity index is 656. The quantitative estimate of drug-likeness (QED) is 0.869. The van der Waals surface area contributed by atoms with Gasteiger partial charge in [-0.2, -0.15) is 11.8 Å². The Morgan fingerprint density at radius 3 is 3.11 bits per heavy atom. The van der Waals surface area contributed by atoms with E-state index in [1.54, 1.807) is 17.8 Å². The van der Waals surface area contributed by atoms with Crippen LogP contribution in [0.25, 0.3) is 11.5 Å². The highest BCUT2D eigenvalue weighted by molar-refractivity contribution is 7.98. The molecule has 0 unspecified atom stereocenters. The number of aromatic amines is 1. The summed E-state index contributed by atoms with van der Waals surface area (Å²) in [4.78, 5) is 27.1. The van der Waals surface area contributed by atoms with Crippen molar-refractivity contribution >= 4 is 11.8 Å². The number of nitrogens with one attached hydrogen (secondary N) is 1. The predicted molar refractivity (Wildman–Crippen MR) is 67.4 cm³/mol. The Balaban J connectivity index is 2.12. The Morgan fingerprint density at radius 1 is 1.39 bits per heavy atom. The van der Waals surface area contributed by atoms with Gasteiger partial charge in [-0.25, -0.2) is 15.0 Å². The number of nitrogens with zero attached hydrogens (tertiary/aromatic N) is 3. The fourth-order valence-electron chi connectivity index (χ4n) is 1.76. The predicted octanol–water partition coefficient (Wildman–Crippen LogP) is 0.982. The van der Waals surface area contributed by atoms with E-state index in [9.17, 15) is 4.79 Å². The highest BCUT2D eigenvalue weighted by Gasteiger charge is 2.18. The highest BCUT2D eigenvalue weighted by atomic mass is 32.2. The van der Waals surface area contributed by atoms with Gasteiger partial charge in [-0.1, -0.05) is 0 Å². The monoisotopic (exact) mass is 262 g/mol. The van der Waals surface area contributed by atoms with Gasteiger partial charge in [-0.15, -0.1) is 0 Å². The molecule has 0 atom stereocenters. The first-order chi connectivity index (χ1) is 8.78. The first-order valence-corrected chi connectivity index (χ1v) is 6.49. The number of hydrogen-bond donors (Lipinski definition) is 1. The lowest BCUT2D eigenvalue weighted by molar-refractivity contribution is 0.397. The first-order valence-electron chi connectivity index (χ1n) is 5.34. The lowest BCUT2D eigenvalue weighted by atomic mass is 10.2. The normalized spacial score (nSPS) is 13.4. The average Bonchev–Trinajstić information content (AvgIpc) is 2.87. The summed E-state index contributed by atoms with van der Waals surface area (Å²) in [5.41, 5.74) is 2.08. The van der Waals surface area contributed by atoms with Gasteiger partial charge in [0.1, 0.15) is 12.0 Å². The number of hydrogen-bond acceptors (Lipinski definition) is 6. The summed E-state index contributed by atoms with van der Waals surface area (Å²) in [6.45, 7) is 0. The minimum Gasteiger partial charge on any atom is -0.481 e. The number of ether oxygens (including phenoxy) is 1. The summed E-state index contributed by atoms with van der Waals surface area (Å²) < 4.78 is 5.02. The molecule has 3 heterocycles. The maximum Gasteiger partial charge on any atom is 0.255 e. The van der Waals surface area contributed by atoms with Gasteiger partial charge in [-0.05, 0) is 0 Å². The summed E-state index contributed by atoms with van der Waals surface area (Å²) in [7, 11) is 1.53. The Kier molecular flexibility index (Phi) is 2.75. The van der Waals surface area contributed by atoms with Crippen molar-refractivity contribution in [1.82, 2.24) is 19.9 Å². The van der Waals surface area contributed by atoms with E-state index in [0.29, 0.717) is 17.4 Å². The molecular weight excluding hydrogens is 252 g/mol. The van der Waals surface area contributed by atoms with E-state index in [2.05, 4.69) is 19.9 Å². The zero-order valence-corrected chi connectivity index (χ0v) is 10.5. The van der Waals surface area contributed by atoms with Gasteiger partial charge in [0.25, 0.3) is 5.56 Å². The van der Waals surface area contributed by atoms with Crippen LogP contribution in [-0.2, 0) is 11.5 Å². The van der Waals surface area contributed by atoms with E-state index in [4.69, 9.17) is 4.74 Å². The minimum atomic E-state index is -0.0856. The Morgan fingerprint density at radius 2 is 2.28 bits per heavy atom. The van der Waals surface area contributed by atoms with Crippen molar-refractivity contribution in [2.24, 2.45) is 0 Å². The van der Waals surface area contributed by atoms with Gasteiger partial charge in [0.05, 0.1) is 12.8 Å². The van der Waals surface area contributed by atoms with Crippen LogP contribution in [-0.4, -0.2) is 27.0 Å². The van der Waals surface area contributed by atoms with Crippen molar-refractivity contribution in [3.63, 3.8) is 0 Å². The molecule has 92 valence electrons. The summed E-state index contributed by atoms with van der Waals surface area (Å²) in [6, 6.07) is 1.65. The average molecular weight is 262 g/mol. The van der Waals surface area contributed by atoms with Crippen LogP contribution in [0.5, 0.6) is 5.88 Å². The molecule has 1 aliphatic rings. The van der Waals surface area contributed by atoms with E-state index < -0.39 is 0 Å². The van der Waals surface area contributed by atoms with Crippen LogP contribution in [0.1, 0.15) is 11.3 Å². The first kappa shape index (κ1) is 11.2. The third-order valence-electron chi connectivity index (χ3n) is 2.68. The molecule has 0 radical (unpaired) electrons. The third kappa shape index (κ3) is 1.86. The summed E-state index contributed by atoms with van der Waals surface area (Å²) in [6.07, 6.45) is 1.39. The van der Waals surface area contributed by atoms with E-state index >= 15 is 0 Å². The van der Waals surface area contributed by atoms with Crippen LogP contribution < -0.4 is 10.3 Å². The number of thioether (sulfide) groups is 1. The molecular formula is C11H10N4O2S. The standard InChI is InChI=1S/C11H10N4O2S/c1-17-9-2-7(12-5-13-9)10-14-8-4-18-3-6(8)11(16)15-10/h2,5H,3-4H2,1H3,(H,14,15,16). The van der Waals surface area contributed by atoms with Crippen LogP contribution >= 0.6 is 11.8 Å². The largest absolute Gasteiger partial charge is 0.481 e. The van der Waals surface area contributed by atoms with E-state index in [1.165, 1.54) is 13.4 Å². The molecule has 18 heavy (non-hydrogen) atoms. The van der Waals surface area contributed by atoms with Crippen LogP contribution in [0.3, 0.4) is 0 Å². The number of methoxy groups -OCH3 is 1. The molecule has 0 fully saturated rings. The van der Waals surface area contributed by atoms with Crippen molar-refractivity contribution < 1.29 is 4.74 Å². The summed E-state index contributed by atoms with van der Waals surface area (Å²) in [5, 5.41) is 0. The van der Waals surface area contributed by atoms with E-state index in [-0.39, 0.29) is 5.56 Å². The van der Waals surface area contributed by atoms with Crippen molar-refractivity contribution in [2.45, 2.75) is 11.5 Å². The number of fused-ring (bicyclic) bond motifs is 1. The highest BCUT2D eigenvalue weighted by Crippen LogP contribution is 2.26. The molecule has 0 amide bonds. The molecule has 0 bridgehead atoms. The molecule has 2 aromatic heterocycles. The van der Waals surface area contributed by atoms with Crippen molar-refractivity contribution in [1.29, 1.82) is 0 Å². The van der Waals surface area contributed by atoms with Crippen molar-refractivity contribution in [2.75, 3.05) is 7.11 Å².